The first-order valence-electron chi connectivity index (χ1n) is 9.98. The molecule has 0 radical (unpaired) electrons. The van der Waals surface area contributed by atoms with Crippen molar-refractivity contribution in [2.75, 3.05) is 19.3 Å². The topological polar surface area (TPSA) is 88.1 Å². The highest BCUT2D eigenvalue weighted by Crippen LogP contribution is 2.40. The van der Waals surface area contributed by atoms with Gasteiger partial charge in [0, 0.05) is 20.0 Å². The van der Waals surface area contributed by atoms with E-state index < -0.39 is 51.8 Å². The molecule has 1 aliphatic rings. The Kier molecular flexibility index (Phi) is 7.66. The second-order valence-electron chi connectivity index (χ2n) is 8.66. The molecule has 1 amide bonds. The molecule has 0 saturated heterocycles. The summed E-state index contributed by atoms with van der Waals surface area (Å²) in [5, 5.41) is 3.13. The molecule has 2 rings (SSSR count). The van der Waals surface area contributed by atoms with Crippen LogP contribution in [0.5, 0.6) is 0 Å². The van der Waals surface area contributed by atoms with E-state index in [4.69, 9.17) is 4.74 Å². The quantitative estimate of drug-likeness (QED) is 0.565. The molecule has 0 bridgehead atoms. The largest absolute Gasteiger partial charge is 0.459 e. The number of ether oxygens (including phenoxy) is 1. The van der Waals surface area contributed by atoms with Crippen molar-refractivity contribution in [2.24, 2.45) is 5.10 Å². The standard InChI is InChI=1S/C20H26F5N3O4S/c1-18(2,3)32-17(29)28(4)10-5-11-33(30,31)14-8-6-13(7-9-14)15-12-16(27-26-15)19(21,22)20(23,24)25/h6-9,15,26H,5,10-12H2,1-4H3. The van der Waals surface area contributed by atoms with Crippen molar-refractivity contribution in [3.63, 3.8) is 0 Å². The fourth-order valence-corrected chi connectivity index (χ4v) is 4.24. The number of benzene rings is 1. The van der Waals surface area contributed by atoms with Crippen molar-refractivity contribution in [1.82, 2.24) is 10.3 Å². The number of amides is 1. The lowest BCUT2D eigenvalue weighted by Gasteiger charge is -2.24. The van der Waals surface area contributed by atoms with Crippen LogP contribution in [0.3, 0.4) is 0 Å². The van der Waals surface area contributed by atoms with E-state index in [2.05, 4.69) is 10.5 Å². The van der Waals surface area contributed by atoms with E-state index in [0.717, 1.165) is 0 Å². The molecule has 1 atom stereocenters. The molecule has 0 spiro atoms. The molecule has 1 aliphatic heterocycles. The monoisotopic (exact) mass is 499 g/mol. The van der Waals surface area contributed by atoms with Gasteiger partial charge >= 0.3 is 18.2 Å². The van der Waals surface area contributed by atoms with Crippen LogP contribution in [0, 0.1) is 0 Å². The molecular weight excluding hydrogens is 473 g/mol. The summed E-state index contributed by atoms with van der Waals surface area (Å²) in [6.45, 7) is 5.28. The average molecular weight is 500 g/mol. The molecular formula is C20H26F5N3O4S. The smallest absolute Gasteiger partial charge is 0.444 e. The molecule has 0 aliphatic carbocycles. The Morgan fingerprint density at radius 2 is 1.73 bits per heavy atom. The fraction of sp³-hybridized carbons (Fsp3) is 0.600. The van der Waals surface area contributed by atoms with Crippen molar-refractivity contribution in [2.45, 2.75) is 62.3 Å². The van der Waals surface area contributed by atoms with E-state index in [1.165, 1.54) is 36.2 Å². The molecule has 0 aromatic heterocycles. The zero-order valence-electron chi connectivity index (χ0n) is 18.5. The predicted octanol–water partition coefficient (Wildman–Crippen LogP) is 4.31. The van der Waals surface area contributed by atoms with Gasteiger partial charge in [0.15, 0.2) is 9.84 Å². The normalized spacial score (nSPS) is 17.4. The molecule has 33 heavy (non-hydrogen) atoms. The Bertz CT molecular complexity index is 986. The van der Waals surface area contributed by atoms with Crippen molar-refractivity contribution in [1.29, 1.82) is 0 Å². The van der Waals surface area contributed by atoms with E-state index in [1.54, 1.807) is 20.8 Å². The average Bonchev–Trinajstić information content (AvgIpc) is 3.16. The number of halogens is 5. The number of sulfone groups is 1. The van der Waals surface area contributed by atoms with Crippen molar-refractivity contribution in [3.8, 4) is 0 Å². The molecule has 1 aromatic carbocycles. The minimum Gasteiger partial charge on any atom is -0.444 e. The molecule has 186 valence electrons. The van der Waals surface area contributed by atoms with Gasteiger partial charge in [-0.1, -0.05) is 12.1 Å². The highest BCUT2D eigenvalue weighted by Gasteiger charge is 2.62. The molecule has 1 N–H and O–H groups in total. The minimum atomic E-state index is -5.75. The van der Waals surface area contributed by atoms with E-state index in [9.17, 15) is 35.2 Å². The molecule has 7 nitrogen and oxygen atoms in total. The molecule has 0 saturated carbocycles. The summed E-state index contributed by atoms with van der Waals surface area (Å²) < 4.78 is 94.7. The SMILES string of the molecule is CN(CCCS(=O)(=O)c1ccc(C2CC(C(F)(F)C(F)(F)F)=NN2)cc1)C(=O)OC(C)(C)C. The third kappa shape index (κ3) is 6.78. The first-order chi connectivity index (χ1) is 14.9. The molecule has 1 unspecified atom stereocenters. The molecule has 1 heterocycles. The van der Waals surface area contributed by atoms with Crippen molar-refractivity contribution < 1.29 is 39.9 Å². The van der Waals surface area contributed by atoms with E-state index in [-0.39, 0.29) is 23.6 Å². The number of hydrogen-bond acceptors (Lipinski definition) is 6. The van der Waals surface area contributed by atoms with Crippen LogP contribution in [0.2, 0.25) is 0 Å². The first kappa shape index (κ1) is 26.8. The Morgan fingerprint density at radius 1 is 1.15 bits per heavy atom. The fourth-order valence-electron chi connectivity index (χ4n) is 2.94. The van der Waals surface area contributed by atoms with Crippen LogP contribution in [-0.4, -0.2) is 62.2 Å². The van der Waals surface area contributed by atoms with Gasteiger partial charge in [-0.25, -0.2) is 13.2 Å². The number of nitrogens with zero attached hydrogens (tertiary/aromatic N) is 2. The van der Waals surface area contributed by atoms with Gasteiger partial charge in [-0.05, 0) is 44.9 Å². The van der Waals surface area contributed by atoms with E-state index >= 15 is 0 Å². The number of hydrogen-bond donors (Lipinski definition) is 1. The Balaban J connectivity index is 1.95. The summed E-state index contributed by atoms with van der Waals surface area (Å²) in [6.07, 6.45) is -6.85. The molecule has 1 aromatic rings. The van der Waals surface area contributed by atoms with Crippen LogP contribution < -0.4 is 5.43 Å². The summed E-state index contributed by atoms with van der Waals surface area (Å²) in [5.41, 5.74) is 0.550. The van der Waals surface area contributed by atoms with Gasteiger partial charge in [-0.2, -0.15) is 27.1 Å². The zero-order valence-corrected chi connectivity index (χ0v) is 19.4. The number of rotatable bonds is 7. The Labute approximate surface area is 188 Å². The molecule has 13 heteroatoms. The maximum Gasteiger partial charge on any atom is 0.459 e. The number of carbonyl (C=O) groups is 1. The summed E-state index contributed by atoms with van der Waals surface area (Å²) in [4.78, 5) is 13.1. The number of hydrazone groups is 1. The lowest BCUT2D eigenvalue weighted by Crippen LogP contribution is -2.43. The van der Waals surface area contributed by atoms with Crippen LogP contribution >= 0.6 is 0 Å². The number of alkyl halides is 5. The van der Waals surface area contributed by atoms with Crippen LogP contribution in [0.25, 0.3) is 0 Å². The van der Waals surface area contributed by atoms with Crippen LogP contribution in [0.4, 0.5) is 26.7 Å². The van der Waals surface area contributed by atoms with E-state index in [1.807, 2.05) is 0 Å². The second-order valence-corrected chi connectivity index (χ2v) is 10.8. The second kappa shape index (κ2) is 9.43. The Morgan fingerprint density at radius 3 is 2.24 bits per heavy atom. The number of carbonyl (C=O) groups excluding carboxylic acids is 1. The summed E-state index contributed by atoms with van der Waals surface area (Å²) >= 11 is 0. The summed E-state index contributed by atoms with van der Waals surface area (Å²) in [5.74, 6) is -5.31. The van der Waals surface area contributed by atoms with Gasteiger partial charge in [0.2, 0.25) is 0 Å². The minimum absolute atomic E-state index is 0.0362. The van der Waals surface area contributed by atoms with Gasteiger partial charge < -0.3 is 15.1 Å². The van der Waals surface area contributed by atoms with Crippen LogP contribution in [0.1, 0.15) is 45.2 Å². The Hall–Kier alpha value is -2.44. The van der Waals surface area contributed by atoms with Gasteiger partial charge in [0.05, 0.1) is 16.7 Å². The first-order valence-corrected chi connectivity index (χ1v) is 11.6. The zero-order chi connectivity index (χ0) is 25.2. The highest BCUT2D eigenvalue weighted by atomic mass is 32.2. The maximum atomic E-state index is 13.4. The van der Waals surface area contributed by atoms with Gasteiger partial charge in [0.25, 0.3) is 0 Å². The highest BCUT2D eigenvalue weighted by molar-refractivity contribution is 7.91. The third-order valence-corrected chi connectivity index (χ3v) is 6.54. The van der Waals surface area contributed by atoms with Gasteiger partial charge in [-0.3, -0.25) is 0 Å². The van der Waals surface area contributed by atoms with E-state index in [0.29, 0.717) is 5.56 Å². The summed E-state index contributed by atoms with van der Waals surface area (Å²) in [7, 11) is -2.22. The van der Waals surface area contributed by atoms with Gasteiger partial charge in [-0.15, -0.1) is 0 Å². The molecule has 0 fully saturated rings. The van der Waals surface area contributed by atoms with Crippen molar-refractivity contribution in [3.05, 3.63) is 29.8 Å². The third-order valence-electron chi connectivity index (χ3n) is 4.72. The number of nitrogens with one attached hydrogen (secondary N) is 1. The lowest BCUT2D eigenvalue weighted by molar-refractivity contribution is -0.249. The van der Waals surface area contributed by atoms with Crippen LogP contribution in [0.15, 0.2) is 34.3 Å². The lowest BCUT2D eigenvalue weighted by atomic mass is 10.00. The van der Waals surface area contributed by atoms with Crippen molar-refractivity contribution >= 4 is 21.6 Å². The summed E-state index contributed by atoms with van der Waals surface area (Å²) in [6, 6.07) is 4.24. The predicted molar refractivity (Wildman–Crippen MR) is 111 cm³/mol. The van der Waals surface area contributed by atoms with Crippen LogP contribution in [-0.2, 0) is 14.6 Å². The van der Waals surface area contributed by atoms with Gasteiger partial charge in [0.1, 0.15) is 11.3 Å². The maximum absolute atomic E-state index is 13.4.